The van der Waals surface area contributed by atoms with Crippen molar-refractivity contribution in [1.29, 1.82) is 0 Å². The van der Waals surface area contributed by atoms with Crippen molar-refractivity contribution in [3.63, 3.8) is 0 Å². The predicted molar refractivity (Wildman–Crippen MR) is 75.2 cm³/mol. The average molecular weight is 251 g/mol. The first kappa shape index (κ1) is 17.7. The molecule has 0 rings (SSSR count). The SMILES string of the molecule is CCCO[Si](CC)(CCC)OCCC.[SiH4]. The maximum absolute atomic E-state index is 5.99. The molecule has 0 saturated carbocycles. The number of hydrogen-bond donors (Lipinski definition) is 0. The van der Waals surface area contributed by atoms with E-state index in [1.807, 2.05) is 0 Å². The Morgan fingerprint density at radius 3 is 1.53 bits per heavy atom. The van der Waals surface area contributed by atoms with Crippen LogP contribution in [0.5, 0.6) is 0 Å². The third kappa shape index (κ3) is 7.27. The average Bonchev–Trinajstić information content (AvgIpc) is 2.22. The Labute approximate surface area is 101 Å². The molecule has 0 bridgehead atoms. The van der Waals surface area contributed by atoms with Crippen LogP contribution < -0.4 is 0 Å². The fraction of sp³-hybridized carbons (Fsp3) is 1.00. The summed E-state index contributed by atoms with van der Waals surface area (Å²) in [4.78, 5) is 0. The van der Waals surface area contributed by atoms with Crippen LogP contribution in [0.1, 0.15) is 47.0 Å². The molecule has 0 atom stereocenters. The highest BCUT2D eigenvalue weighted by Crippen LogP contribution is 2.21. The molecule has 0 aliphatic rings. The monoisotopic (exact) mass is 250 g/mol. The topological polar surface area (TPSA) is 18.5 Å². The van der Waals surface area contributed by atoms with Crippen LogP contribution in [0.25, 0.3) is 0 Å². The minimum atomic E-state index is -1.81. The van der Waals surface area contributed by atoms with Gasteiger partial charge in [0, 0.05) is 13.2 Å². The normalized spacial score (nSPS) is 11.2. The molecule has 0 aromatic heterocycles. The lowest BCUT2D eigenvalue weighted by Gasteiger charge is -2.29. The van der Waals surface area contributed by atoms with Crippen LogP contribution in [0.3, 0.4) is 0 Å². The van der Waals surface area contributed by atoms with E-state index in [0.29, 0.717) is 0 Å². The molecule has 0 fully saturated rings. The zero-order chi connectivity index (χ0) is 10.9. The largest absolute Gasteiger partial charge is 0.394 e. The second kappa shape index (κ2) is 10.9. The second-order valence-electron chi connectivity index (χ2n) is 3.71. The molecule has 0 aromatic rings. The lowest BCUT2D eigenvalue weighted by Crippen LogP contribution is -2.41. The molecular weight excluding hydrogens is 220 g/mol. The smallest absolute Gasteiger partial charge is 0.337 e. The van der Waals surface area contributed by atoms with Crippen molar-refractivity contribution in [2.75, 3.05) is 13.2 Å². The second-order valence-corrected chi connectivity index (χ2v) is 7.32. The summed E-state index contributed by atoms with van der Waals surface area (Å²) in [7, 11) is -1.81. The van der Waals surface area contributed by atoms with Gasteiger partial charge in [-0.05, 0) is 35.9 Å². The van der Waals surface area contributed by atoms with E-state index in [1.54, 1.807) is 0 Å². The van der Waals surface area contributed by atoms with E-state index < -0.39 is 8.56 Å². The molecule has 2 nitrogen and oxygen atoms in total. The molecule has 4 heteroatoms. The summed E-state index contributed by atoms with van der Waals surface area (Å²) in [6.07, 6.45) is 3.36. The van der Waals surface area contributed by atoms with E-state index in [-0.39, 0.29) is 11.0 Å². The van der Waals surface area contributed by atoms with Gasteiger partial charge in [-0.1, -0.05) is 34.1 Å². The van der Waals surface area contributed by atoms with Crippen LogP contribution in [0.2, 0.25) is 12.1 Å². The molecule has 0 aromatic carbocycles. The van der Waals surface area contributed by atoms with Gasteiger partial charge in [-0.25, -0.2) is 0 Å². The molecule has 0 aliphatic heterocycles. The minimum absolute atomic E-state index is 0. The van der Waals surface area contributed by atoms with E-state index >= 15 is 0 Å². The molecule has 0 N–H and O–H groups in total. The van der Waals surface area contributed by atoms with E-state index in [4.69, 9.17) is 8.85 Å². The van der Waals surface area contributed by atoms with Crippen LogP contribution in [-0.2, 0) is 8.85 Å². The molecule has 0 spiro atoms. The lowest BCUT2D eigenvalue weighted by atomic mass is 10.5. The highest BCUT2D eigenvalue weighted by molar-refractivity contribution is 6.67. The summed E-state index contributed by atoms with van der Waals surface area (Å²) in [5.74, 6) is 0. The Morgan fingerprint density at radius 1 is 0.800 bits per heavy atom. The van der Waals surface area contributed by atoms with Crippen molar-refractivity contribution in [2.24, 2.45) is 0 Å². The van der Waals surface area contributed by atoms with Gasteiger partial charge >= 0.3 is 8.56 Å². The molecule has 0 heterocycles. The van der Waals surface area contributed by atoms with Gasteiger partial charge in [-0.3, -0.25) is 0 Å². The standard InChI is InChI=1S/C11H26O2Si.H4Si/c1-5-9-12-14(8-4,11-7-3)13-10-6-2;/h5-11H2,1-4H3;1H4. The summed E-state index contributed by atoms with van der Waals surface area (Å²) < 4.78 is 12.0. The van der Waals surface area contributed by atoms with Gasteiger partial charge in [-0.15, -0.1) is 0 Å². The summed E-state index contributed by atoms with van der Waals surface area (Å²) >= 11 is 0. The van der Waals surface area contributed by atoms with E-state index in [0.717, 1.165) is 38.1 Å². The van der Waals surface area contributed by atoms with Crippen molar-refractivity contribution in [1.82, 2.24) is 0 Å². The van der Waals surface area contributed by atoms with Crippen molar-refractivity contribution in [3.05, 3.63) is 0 Å². The minimum Gasteiger partial charge on any atom is -0.394 e. The van der Waals surface area contributed by atoms with Gasteiger partial charge in [0.1, 0.15) is 0 Å². The maximum Gasteiger partial charge on any atom is 0.337 e. The van der Waals surface area contributed by atoms with Crippen molar-refractivity contribution >= 4 is 19.5 Å². The number of hydrogen-bond acceptors (Lipinski definition) is 2. The van der Waals surface area contributed by atoms with Gasteiger partial charge in [-0.2, -0.15) is 0 Å². The van der Waals surface area contributed by atoms with Gasteiger partial charge in [0.25, 0.3) is 0 Å². The molecule has 94 valence electrons. The highest BCUT2D eigenvalue weighted by Gasteiger charge is 2.33. The summed E-state index contributed by atoms with van der Waals surface area (Å²) in [5, 5.41) is 0. The molecule has 0 amide bonds. The van der Waals surface area contributed by atoms with Crippen molar-refractivity contribution in [3.8, 4) is 0 Å². The predicted octanol–water partition coefficient (Wildman–Crippen LogP) is 2.26. The molecule has 0 radical (unpaired) electrons. The van der Waals surface area contributed by atoms with Gasteiger partial charge in [0.2, 0.25) is 0 Å². The van der Waals surface area contributed by atoms with E-state index in [2.05, 4.69) is 27.7 Å². The zero-order valence-electron chi connectivity index (χ0n) is 10.3. The molecule has 0 aliphatic carbocycles. The summed E-state index contributed by atoms with van der Waals surface area (Å²) in [6, 6.07) is 2.23. The van der Waals surface area contributed by atoms with Crippen molar-refractivity contribution in [2.45, 2.75) is 59.0 Å². The third-order valence-electron chi connectivity index (χ3n) is 2.31. The van der Waals surface area contributed by atoms with Gasteiger partial charge in [0.05, 0.1) is 0 Å². The first-order valence-corrected chi connectivity index (χ1v) is 8.25. The molecule has 0 unspecified atom stereocenters. The Morgan fingerprint density at radius 2 is 1.27 bits per heavy atom. The quantitative estimate of drug-likeness (QED) is 0.585. The zero-order valence-corrected chi connectivity index (χ0v) is 11.3. The Kier molecular flexibility index (Phi) is 12.8. The summed E-state index contributed by atoms with van der Waals surface area (Å²) in [5.41, 5.74) is 0. The first-order chi connectivity index (χ1) is 6.74. The summed E-state index contributed by atoms with van der Waals surface area (Å²) in [6.45, 7) is 10.4. The third-order valence-corrected chi connectivity index (χ3v) is 6.11. The fourth-order valence-electron chi connectivity index (χ4n) is 1.52. The van der Waals surface area contributed by atoms with Gasteiger partial charge < -0.3 is 8.85 Å². The lowest BCUT2D eigenvalue weighted by molar-refractivity contribution is 0.168. The molecular formula is C11H30O2Si2. The van der Waals surface area contributed by atoms with Crippen LogP contribution >= 0.6 is 0 Å². The molecule has 0 saturated heterocycles. The Balaban J connectivity index is 0. The van der Waals surface area contributed by atoms with Gasteiger partial charge in [0.15, 0.2) is 0 Å². The maximum atomic E-state index is 5.99. The van der Waals surface area contributed by atoms with Crippen LogP contribution in [-0.4, -0.2) is 32.7 Å². The highest BCUT2D eigenvalue weighted by atomic mass is 28.4. The van der Waals surface area contributed by atoms with Crippen LogP contribution in [0.15, 0.2) is 0 Å². The number of rotatable bonds is 9. The Bertz CT molecular complexity index is 124. The van der Waals surface area contributed by atoms with E-state index in [1.165, 1.54) is 6.42 Å². The van der Waals surface area contributed by atoms with Crippen LogP contribution in [0.4, 0.5) is 0 Å². The molecule has 15 heavy (non-hydrogen) atoms. The van der Waals surface area contributed by atoms with Crippen molar-refractivity contribution < 1.29 is 8.85 Å². The fourth-order valence-corrected chi connectivity index (χ4v) is 4.57. The van der Waals surface area contributed by atoms with Crippen LogP contribution in [0, 0.1) is 0 Å². The first-order valence-electron chi connectivity index (χ1n) is 6.02. The van der Waals surface area contributed by atoms with E-state index in [9.17, 15) is 0 Å². The Hall–Kier alpha value is 0.354.